The predicted octanol–water partition coefficient (Wildman–Crippen LogP) is 31.0. The average Bonchev–Trinajstić information content (AvgIpc) is 0.944. The third kappa shape index (κ3) is 11.8. The molecule has 0 radical (unpaired) electrons. The largest absolute Gasteiger partial charge is 0.376 e. The van der Waals surface area contributed by atoms with Crippen LogP contribution in [0.1, 0.15) is 33.4 Å². The van der Waals surface area contributed by atoms with Gasteiger partial charge in [-0.25, -0.2) is 0 Å². The van der Waals surface area contributed by atoms with E-state index in [1.807, 2.05) is 84.9 Å². The maximum atomic E-state index is 14.0. The number of aliphatic hydroxyl groups is 2. The van der Waals surface area contributed by atoms with Gasteiger partial charge >= 0.3 is 0 Å². The number of aromatic nitrogens is 4. The van der Waals surface area contributed by atoms with E-state index in [9.17, 15) is 10.2 Å². The summed E-state index contributed by atoms with van der Waals surface area (Å²) in [6.07, 6.45) is 0. The molecule has 21 aromatic carbocycles. The van der Waals surface area contributed by atoms with Crippen molar-refractivity contribution >= 4 is 109 Å². The van der Waals surface area contributed by atoms with Crippen molar-refractivity contribution in [1.82, 2.24) is 18.3 Å². The normalized spacial score (nSPS) is 14.3. The molecule has 2 N–H and O–H groups in total. The van der Waals surface area contributed by atoms with Gasteiger partial charge in [0.05, 0.1) is 44.1 Å². The Balaban J connectivity index is 0.000000140. The van der Waals surface area contributed by atoms with Gasteiger partial charge in [0.2, 0.25) is 0 Å². The maximum Gasteiger partial charge on any atom is 0.141 e. The lowest BCUT2D eigenvalue weighted by Crippen LogP contribution is -2.45. The lowest BCUT2D eigenvalue weighted by atomic mass is 9.60. The minimum absolute atomic E-state index is 0.630. The highest BCUT2D eigenvalue weighted by molar-refractivity contribution is 6.28. The van der Waals surface area contributed by atoms with E-state index in [0.29, 0.717) is 22.3 Å². The van der Waals surface area contributed by atoms with Gasteiger partial charge in [0, 0.05) is 88.1 Å². The fraction of sp³-hybridized carbons (Fsp3) is 0.0161. The molecule has 0 aliphatic heterocycles. The molecule has 0 spiro atoms. The summed E-state index contributed by atoms with van der Waals surface area (Å²) in [4.78, 5) is 0. The van der Waals surface area contributed by atoms with Crippen molar-refractivity contribution in [2.45, 2.75) is 11.2 Å². The summed E-state index contributed by atoms with van der Waals surface area (Å²) in [6.45, 7) is 0. The zero-order valence-corrected chi connectivity index (χ0v) is 70.9. The van der Waals surface area contributed by atoms with Gasteiger partial charge in [0.1, 0.15) is 11.2 Å². The van der Waals surface area contributed by atoms with Crippen LogP contribution in [0.25, 0.3) is 198 Å². The van der Waals surface area contributed by atoms with E-state index in [2.05, 4.69) is 419 Å². The monoisotopic (exact) mass is 1660 g/mol. The lowest BCUT2D eigenvalue weighted by molar-refractivity contribution is 0.0757. The zero-order chi connectivity index (χ0) is 86.1. The summed E-state index contributed by atoms with van der Waals surface area (Å²) in [6, 6.07) is 172. The van der Waals surface area contributed by atoms with Gasteiger partial charge in [-0.1, -0.05) is 388 Å². The van der Waals surface area contributed by atoms with E-state index in [-0.39, 0.29) is 0 Å². The van der Waals surface area contributed by atoms with Gasteiger partial charge in [-0.3, -0.25) is 0 Å². The van der Waals surface area contributed by atoms with E-state index < -0.39 is 11.2 Å². The molecule has 2 unspecified atom stereocenters. The summed E-state index contributed by atoms with van der Waals surface area (Å²) in [5, 5.41) is 42.9. The van der Waals surface area contributed by atoms with E-state index in [0.717, 1.165) is 78.2 Å². The third-order valence-corrected chi connectivity index (χ3v) is 27.4. The Kier molecular flexibility index (Phi) is 17.8. The number of para-hydroxylation sites is 8. The molecule has 0 amide bonds. The molecule has 4 heterocycles. The summed E-state index contributed by atoms with van der Waals surface area (Å²) >= 11 is 0. The predicted molar refractivity (Wildman–Crippen MR) is 541 cm³/mol. The van der Waals surface area contributed by atoms with Crippen molar-refractivity contribution in [2.75, 3.05) is 0 Å². The van der Waals surface area contributed by atoms with E-state index in [4.69, 9.17) is 0 Å². The number of hydrogen-bond donors (Lipinski definition) is 2. The van der Waals surface area contributed by atoms with Crippen LogP contribution in [0.15, 0.2) is 485 Å². The topological polar surface area (TPSA) is 60.2 Å². The first kappa shape index (κ1) is 75.8. The van der Waals surface area contributed by atoms with Gasteiger partial charge in [-0.15, -0.1) is 0 Å². The molecule has 25 aromatic rings. The molecule has 1 aliphatic rings. The van der Waals surface area contributed by atoms with Crippen molar-refractivity contribution in [2.24, 2.45) is 0 Å². The summed E-state index contributed by atoms with van der Waals surface area (Å²) in [5.41, 5.74) is 27.7. The average molecular weight is 1660 g/mol. The van der Waals surface area contributed by atoms with Gasteiger partial charge < -0.3 is 28.5 Å². The van der Waals surface area contributed by atoms with Gasteiger partial charge in [0.15, 0.2) is 0 Å². The molecule has 0 saturated heterocycles. The van der Waals surface area contributed by atoms with Crippen LogP contribution in [0, 0.1) is 0 Å². The number of hydrogen-bond acceptors (Lipinski definition) is 2. The molecule has 610 valence electrons. The molecule has 6 heteroatoms. The molecule has 130 heavy (non-hydrogen) atoms. The number of fused-ring (bicyclic) bond motifs is 16. The molecular weight excluding hydrogens is 1580 g/mol. The fourth-order valence-corrected chi connectivity index (χ4v) is 21.8. The third-order valence-electron chi connectivity index (χ3n) is 27.4. The minimum atomic E-state index is -1.66. The Bertz CT molecular complexity index is 8040. The van der Waals surface area contributed by atoms with E-state index in [1.54, 1.807) is 0 Å². The Morgan fingerprint density at radius 2 is 0.354 bits per heavy atom. The summed E-state index contributed by atoms with van der Waals surface area (Å²) in [5.74, 6) is 0. The SMILES string of the molecule is OC1(c2ccccc2)c2cccc(-c3ccc(-n4c5ccccc5c5ccccc54)cc3)c2C(O)(c2ccccc2)c2cccc(-c3ccc(-n4c5ccccc5c5ccccc54)cc3)c21.c1ccc(-c2c3cccc(-c4ccc(-n5c6ccccc6c6ccccc65)cc4)c3c(-c3ccccc3)c3cccc(-c4ccc(-n5c6ccccc6c6ccccc65)cc4)c23)cc1. The van der Waals surface area contributed by atoms with Gasteiger partial charge in [0.25, 0.3) is 0 Å². The summed E-state index contributed by atoms with van der Waals surface area (Å²) < 4.78 is 9.42. The molecular formula is C124H82N4O2. The molecule has 6 nitrogen and oxygen atoms in total. The van der Waals surface area contributed by atoms with Crippen LogP contribution in [0.2, 0.25) is 0 Å². The van der Waals surface area contributed by atoms with Crippen LogP contribution in [0.3, 0.4) is 0 Å². The Labute approximate surface area is 751 Å². The molecule has 0 bridgehead atoms. The minimum Gasteiger partial charge on any atom is -0.376 e. The maximum absolute atomic E-state index is 14.0. The second-order valence-electron chi connectivity index (χ2n) is 34.2. The Hall–Kier alpha value is -16.7. The zero-order valence-electron chi connectivity index (χ0n) is 70.9. The second kappa shape index (κ2) is 30.6. The number of rotatable bonds is 12. The van der Waals surface area contributed by atoms with Crippen LogP contribution in [0.5, 0.6) is 0 Å². The molecule has 4 aromatic heterocycles. The van der Waals surface area contributed by atoms with Gasteiger partial charge in [-0.2, -0.15) is 0 Å². The summed E-state index contributed by atoms with van der Waals surface area (Å²) in [7, 11) is 0. The first-order valence-corrected chi connectivity index (χ1v) is 44.7. The van der Waals surface area contributed by atoms with Crippen molar-refractivity contribution in [3.63, 3.8) is 0 Å². The van der Waals surface area contributed by atoms with Crippen LogP contribution in [-0.2, 0) is 11.2 Å². The Morgan fingerprint density at radius 1 is 0.154 bits per heavy atom. The van der Waals surface area contributed by atoms with Gasteiger partial charge in [-0.05, 0) is 196 Å². The second-order valence-corrected chi connectivity index (χ2v) is 34.2. The first-order valence-electron chi connectivity index (χ1n) is 44.7. The number of nitrogens with zero attached hydrogens (tertiary/aromatic N) is 4. The Morgan fingerprint density at radius 3 is 0.608 bits per heavy atom. The molecule has 1 aliphatic carbocycles. The lowest BCUT2D eigenvalue weighted by Gasteiger charge is -2.47. The molecule has 26 rings (SSSR count). The molecule has 0 saturated carbocycles. The van der Waals surface area contributed by atoms with E-state index >= 15 is 0 Å². The fourth-order valence-electron chi connectivity index (χ4n) is 21.8. The highest BCUT2D eigenvalue weighted by Gasteiger charge is 2.53. The van der Waals surface area contributed by atoms with Crippen molar-refractivity contribution in [3.8, 4) is 89.5 Å². The van der Waals surface area contributed by atoms with Crippen LogP contribution in [-0.4, -0.2) is 28.5 Å². The van der Waals surface area contributed by atoms with Crippen molar-refractivity contribution < 1.29 is 10.2 Å². The van der Waals surface area contributed by atoms with Crippen molar-refractivity contribution in [3.05, 3.63) is 519 Å². The number of benzene rings is 21. The molecule has 2 atom stereocenters. The smallest absolute Gasteiger partial charge is 0.141 e. The van der Waals surface area contributed by atoms with Crippen molar-refractivity contribution in [1.29, 1.82) is 0 Å². The standard InChI is InChI=1S/C62H42N2O2.C62H40N2/c65-61(43-17-3-1-4-18-43)53-27-15-26-48(42-35-39-46(40-36-42)64-57-31-13-9-23-51(57)52-24-10-14-32-58(52)64)60(53)62(66,44-19-5-2-6-20-44)54-28-16-25-47(59(54)61)41-33-37-45(38-34-41)63-55-29-11-7-21-49(55)50-22-8-12-30-56(50)63;1-3-17-43(18-4-1)59-53-27-15-26-48(42-35-39-46(40-36-42)64-57-31-13-9-23-51(57)52-24-10-14-32-58(52)64)62(53)60(44-19-5-2-6-20-44)54-28-16-25-47(61(54)59)41-33-37-45(38-34-41)63-55-29-11-7-21-49(55)50-22-8-12-30-56(50)63/h1-40,65-66H;1-40H. The highest BCUT2D eigenvalue weighted by Crippen LogP contribution is 2.59. The van der Waals surface area contributed by atoms with Crippen LogP contribution < -0.4 is 0 Å². The first-order chi connectivity index (χ1) is 64.3. The molecule has 0 fully saturated rings. The van der Waals surface area contributed by atoms with Crippen LogP contribution >= 0.6 is 0 Å². The quantitative estimate of drug-likeness (QED) is 0.120. The van der Waals surface area contributed by atoms with E-state index in [1.165, 1.54) is 131 Å². The highest BCUT2D eigenvalue weighted by atomic mass is 16.3. The van der Waals surface area contributed by atoms with Crippen LogP contribution in [0.4, 0.5) is 0 Å².